The molecule has 1 heterocycles. The topological polar surface area (TPSA) is 100 Å². The SMILES string of the molecule is CC(=O)NC(CC(=O)NCCNC(=O)c1ccco1)c1ccc(Cl)cc1. The van der Waals surface area contributed by atoms with Crippen LogP contribution in [0, 0.1) is 0 Å². The van der Waals surface area contributed by atoms with E-state index < -0.39 is 6.04 Å². The molecule has 1 aromatic carbocycles. The van der Waals surface area contributed by atoms with Gasteiger partial charge in [-0.2, -0.15) is 0 Å². The lowest BCUT2D eigenvalue weighted by Gasteiger charge is -2.18. The lowest BCUT2D eigenvalue weighted by atomic mass is 10.0. The third-order valence-corrected chi connectivity index (χ3v) is 3.77. The summed E-state index contributed by atoms with van der Waals surface area (Å²) < 4.78 is 4.97. The second-order valence-electron chi connectivity index (χ2n) is 5.59. The molecule has 26 heavy (non-hydrogen) atoms. The predicted octanol–water partition coefficient (Wildman–Crippen LogP) is 2.05. The average molecular weight is 378 g/mol. The number of hydrogen-bond donors (Lipinski definition) is 3. The van der Waals surface area contributed by atoms with Crippen LogP contribution in [-0.4, -0.2) is 30.8 Å². The summed E-state index contributed by atoms with van der Waals surface area (Å²) in [4.78, 5) is 35.2. The van der Waals surface area contributed by atoms with Gasteiger partial charge in [0.2, 0.25) is 11.8 Å². The molecule has 138 valence electrons. The summed E-state index contributed by atoms with van der Waals surface area (Å²) in [6, 6.07) is 9.65. The van der Waals surface area contributed by atoms with Crippen molar-refractivity contribution in [3.05, 3.63) is 59.0 Å². The van der Waals surface area contributed by atoms with E-state index in [1.807, 2.05) is 0 Å². The third kappa shape index (κ3) is 6.25. The second kappa shape index (κ2) is 9.62. The maximum Gasteiger partial charge on any atom is 0.287 e. The number of furan rings is 1. The summed E-state index contributed by atoms with van der Waals surface area (Å²) in [5.74, 6) is -0.610. The number of amides is 3. The lowest BCUT2D eigenvalue weighted by molar-refractivity contribution is -0.122. The zero-order valence-electron chi connectivity index (χ0n) is 14.3. The molecule has 0 radical (unpaired) electrons. The fourth-order valence-corrected chi connectivity index (χ4v) is 2.45. The van der Waals surface area contributed by atoms with Crippen LogP contribution in [0.1, 0.15) is 35.5 Å². The largest absolute Gasteiger partial charge is 0.459 e. The van der Waals surface area contributed by atoms with Crippen molar-refractivity contribution in [2.75, 3.05) is 13.1 Å². The van der Waals surface area contributed by atoms with Crippen LogP contribution in [0.5, 0.6) is 0 Å². The van der Waals surface area contributed by atoms with Crippen LogP contribution in [0.3, 0.4) is 0 Å². The zero-order valence-corrected chi connectivity index (χ0v) is 15.0. The van der Waals surface area contributed by atoms with Gasteiger partial charge in [-0.05, 0) is 29.8 Å². The Labute approximate surface area is 156 Å². The number of hydrogen-bond acceptors (Lipinski definition) is 4. The fourth-order valence-electron chi connectivity index (χ4n) is 2.32. The summed E-state index contributed by atoms with van der Waals surface area (Å²) in [5, 5.41) is 8.66. The van der Waals surface area contributed by atoms with E-state index in [2.05, 4.69) is 16.0 Å². The number of carbonyl (C=O) groups excluding carboxylic acids is 3. The van der Waals surface area contributed by atoms with E-state index >= 15 is 0 Å². The molecule has 3 N–H and O–H groups in total. The van der Waals surface area contributed by atoms with E-state index in [0.717, 1.165) is 5.56 Å². The summed E-state index contributed by atoms with van der Waals surface area (Å²) in [6.45, 7) is 1.92. The molecule has 1 aromatic heterocycles. The first kappa shape index (κ1) is 19.5. The molecule has 3 amide bonds. The summed E-state index contributed by atoms with van der Waals surface area (Å²) >= 11 is 5.87. The molecule has 2 aromatic rings. The van der Waals surface area contributed by atoms with Crippen molar-refractivity contribution in [2.24, 2.45) is 0 Å². The van der Waals surface area contributed by atoms with Gasteiger partial charge in [0, 0.05) is 25.0 Å². The van der Waals surface area contributed by atoms with Crippen LogP contribution < -0.4 is 16.0 Å². The van der Waals surface area contributed by atoms with Gasteiger partial charge in [-0.25, -0.2) is 0 Å². The average Bonchev–Trinajstić information content (AvgIpc) is 3.13. The highest BCUT2D eigenvalue weighted by Gasteiger charge is 2.17. The second-order valence-corrected chi connectivity index (χ2v) is 6.03. The molecule has 1 atom stereocenters. The van der Waals surface area contributed by atoms with Gasteiger partial charge in [0.1, 0.15) is 0 Å². The Morgan fingerprint density at radius 2 is 1.77 bits per heavy atom. The molecule has 1 unspecified atom stereocenters. The number of carbonyl (C=O) groups is 3. The van der Waals surface area contributed by atoms with Gasteiger partial charge in [0.25, 0.3) is 5.91 Å². The molecule has 0 spiro atoms. The standard InChI is InChI=1S/C18H20ClN3O4/c1-12(23)22-15(13-4-6-14(19)7-5-13)11-17(24)20-8-9-21-18(25)16-3-2-10-26-16/h2-7,10,15H,8-9,11H2,1H3,(H,20,24)(H,21,25)(H,22,23). The Morgan fingerprint density at radius 1 is 1.08 bits per heavy atom. The summed E-state index contributed by atoms with van der Waals surface area (Å²) in [7, 11) is 0. The third-order valence-electron chi connectivity index (χ3n) is 3.52. The van der Waals surface area contributed by atoms with Crippen molar-refractivity contribution in [1.82, 2.24) is 16.0 Å². The Kier molecular flexibility index (Phi) is 7.23. The minimum absolute atomic E-state index is 0.0767. The van der Waals surface area contributed by atoms with Gasteiger partial charge >= 0.3 is 0 Å². The van der Waals surface area contributed by atoms with Crippen LogP contribution in [0.15, 0.2) is 47.1 Å². The molecule has 0 aliphatic carbocycles. The maximum atomic E-state index is 12.1. The quantitative estimate of drug-likeness (QED) is 0.613. The van der Waals surface area contributed by atoms with Crippen LogP contribution in [0.4, 0.5) is 0 Å². The molecule has 0 bridgehead atoms. The minimum Gasteiger partial charge on any atom is -0.459 e. The summed E-state index contributed by atoms with van der Waals surface area (Å²) in [5.41, 5.74) is 0.783. The van der Waals surface area contributed by atoms with E-state index in [1.165, 1.54) is 13.2 Å². The molecular formula is C18H20ClN3O4. The predicted molar refractivity (Wildman–Crippen MR) is 96.7 cm³/mol. The van der Waals surface area contributed by atoms with Gasteiger partial charge in [-0.3, -0.25) is 14.4 Å². The van der Waals surface area contributed by atoms with Crippen molar-refractivity contribution in [3.8, 4) is 0 Å². The lowest BCUT2D eigenvalue weighted by Crippen LogP contribution is -2.37. The van der Waals surface area contributed by atoms with Gasteiger partial charge in [-0.1, -0.05) is 23.7 Å². The maximum absolute atomic E-state index is 12.1. The van der Waals surface area contributed by atoms with E-state index in [9.17, 15) is 14.4 Å². The molecule has 2 rings (SSSR count). The van der Waals surface area contributed by atoms with E-state index in [-0.39, 0.29) is 43.0 Å². The molecule has 0 aliphatic heterocycles. The highest BCUT2D eigenvalue weighted by Crippen LogP contribution is 2.19. The van der Waals surface area contributed by atoms with Crippen molar-refractivity contribution in [2.45, 2.75) is 19.4 Å². The minimum atomic E-state index is -0.456. The van der Waals surface area contributed by atoms with Crippen molar-refractivity contribution in [1.29, 1.82) is 0 Å². The first-order chi connectivity index (χ1) is 12.5. The first-order valence-corrected chi connectivity index (χ1v) is 8.44. The zero-order chi connectivity index (χ0) is 18.9. The number of halogens is 1. The smallest absolute Gasteiger partial charge is 0.287 e. The molecule has 0 saturated heterocycles. The van der Waals surface area contributed by atoms with Crippen molar-refractivity contribution < 1.29 is 18.8 Å². The van der Waals surface area contributed by atoms with Gasteiger partial charge < -0.3 is 20.4 Å². The van der Waals surface area contributed by atoms with Gasteiger partial charge in [0.05, 0.1) is 18.7 Å². The van der Waals surface area contributed by atoms with E-state index in [1.54, 1.807) is 36.4 Å². The van der Waals surface area contributed by atoms with E-state index in [4.69, 9.17) is 16.0 Å². The Bertz CT molecular complexity index is 744. The van der Waals surface area contributed by atoms with Crippen LogP contribution in [0.25, 0.3) is 0 Å². The van der Waals surface area contributed by atoms with Crippen molar-refractivity contribution in [3.63, 3.8) is 0 Å². The number of benzene rings is 1. The van der Waals surface area contributed by atoms with Crippen LogP contribution in [-0.2, 0) is 9.59 Å². The molecule has 0 aliphatic rings. The van der Waals surface area contributed by atoms with Crippen LogP contribution in [0.2, 0.25) is 5.02 Å². The molecule has 8 heteroatoms. The highest BCUT2D eigenvalue weighted by atomic mass is 35.5. The van der Waals surface area contributed by atoms with Crippen LogP contribution >= 0.6 is 11.6 Å². The molecular weight excluding hydrogens is 358 g/mol. The Morgan fingerprint density at radius 3 is 2.38 bits per heavy atom. The fraction of sp³-hybridized carbons (Fsp3) is 0.278. The highest BCUT2D eigenvalue weighted by molar-refractivity contribution is 6.30. The summed E-state index contributed by atoms with van der Waals surface area (Å²) in [6.07, 6.45) is 1.49. The Balaban J connectivity index is 1.80. The molecule has 7 nitrogen and oxygen atoms in total. The number of rotatable bonds is 8. The first-order valence-electron chi connectivity index (χ1n) is 8.06. The molecule has 0 saturated carbocycles. The van der Waals surface area contributed by atoms with E-state index in [0.29, 0.717) is 5.02 Å². The monoisotopic (exact) mass is 377 g/mol. The van der Waals surface area contributed by atoms with Crippen molar-refractivity contribution >= 4 is 29.3 Å². The normalized spacial score (nSPS) is 11.5. The Hall–Kier alpha value is -2.80. The number of nitrogens with one attached hydrogen (secondary N) is 3. The molecule has 0 fully saturated rings. The van der Waals surface area contributed by atoms with Gasteiger partial charge in [-0.15, -0.1) is 0 Å². The van der Waals surface area contributed by atoms with Gasteiger partial charge in [0.15, 0.2) is 5.76 Å².